The summed E-state index contributed by atoms with van der Waals surface area (Å²) in [6, 6.07) is 1.34. The summed E-state index contributed by atoms with van der Waals surface area (Å²) in [6.07, 6.45) is 5.05. The molecular weight excluding hydrogens is 354 g/mol. The highest BCUT2D eigenvalue weighted by molar-refractivity contribution is 7.10. The van der Waals surface area contributed by atoms with Gasteiger partial charge in [-0.15, -0.1) is 0 Å². The lowest BCUT2D eigenvalue weighted by Gasteiger charge is -2.16. The molecule has 3 rings (SSSR count). The predicted molar refractivity (Wildman–Crippen MR) is 99.3 cm³/mol. The van der Waals surface area contributed by atoms with Gasteiger partial charge in [0, 0.05) is 0 Å². The van der Waals surface area contributed by atoms with Crippen LogP contribution in [0.5, 0.6) is 0 Å². The second kappa shape index (κ2) is 7.65. The van der Waals surface area contributed by atoms with Crippen molar-refractivity contribution in [2.45, 2.75) is 38.6 Å². The van der Waals surface area contributed by atoms with Crippen molar-refractivity contribution in [2.24, 2.45) is 17.4 Å². The third kappa shape index (κ3) is 4.45. The molecule has 26 heavy (non-hydrogen) atoms. The van der Waals surface area contributed by atoms with Crippen molar-refractivity contribution in [3.63, 3.8) is 0 Å². The molecule has 2 heterocycles. The smallest absolute Gasteiger partial charge is 0.271 e. The molecule has 1 aliphatic carbocycles. The highest BCUT2D eigenvalue weighted by atomic mass is 32.1. The average Bonchev–Trinajstić information content (AvgIpc) is 3.30. The molecule has 10 heteroatoms. The molecule has 0 radical (unpaired) electrons. The fourth-order valence-corrected chi connectivity index (χ4v) is 3.22. The molecule has 1 saturated carbocycles. The van der Waals surface area contributed by atoms with E-state index in [0.717, 1.165) is 30.0 Å². The summed E-state index contributed by atoms with van der Waals surface area (Å²) in [6.45, 7) is 2.00. The second-order valence-corrected chi connectivity index (χ2v) is 7.06. The lowest BCUT2D eigenvalue weighted by atomic mass is 10.1. The Bertz CT molecular complexity index is 819. The van der Waals surface area contributed by atoms with Gasteiger partial charge in [-0.05, 0) is 36.4 Å². The molecule has 0 saturated heterocycles. The van der Waals surface area contributed by atoms with Gasteiger partial charge in [-0.1, -0.05) is 19.8 Å². The molecule has 6 N–H and O–H groups in total. The van der Waals surface area contributed by atoms with Gasteiger partial charge in [0.15, 0.2) is 11.5 Å². The summed E-state index contributed by atoms with van der Waals surface area (Å²) in [5.41, 5.74) is 11.8. The van der Waals surface area contributed by atoms with Gasteiger partial charge in [0.2, 0.25) is 5.91 Å². The van der Waals surface area contributed by atoms with Crippen LogP contribution in [0.2, 0.25) is 0 Å². The zero-order chi connectivity index (χ0) is 18.7. The lowest BCUT2D eigenvalue weighted by Crippen LogP contribution is -2.36. The van der Waals surface area contributed by atoms with Crippen LogP contribution in [0.3, 0.4) is 0 Å². The number of carbonyl (C=O) groups is 2. The Balaban J connectivity index is 1.82. The first kappa shape index (κ1) is 18.1. The minimum atomic E-state index is -0.698. The van der Waals surface area contributed by atoms with E-state index in [0.29, 0.717) is 18.2 Å². The largest absolute Gasteiger partial charge is 0.368 e. The molecule has 0 aliphatic heterocycles. The van der Waals surface area contributed by atoms with Gasteiger partial charge in [0.05, 0.1) is 11.9 Å². The maximum atomic E-state index is 11.7. The molecule has 138 valence electrons. The van der Waals surface area contributed by atoms with Crippen molar-refractivity contribution in [2.75, 3.05) is 10.6 Å². The Morgan fingerprint density at radius 3 is 2.73 bits per heavy atom. The van der Waals surface area contributed by atoms with Crippen LogP contribution < -0.4 is 22.1 Å². The highest BCUT2D eigenvalue weighted by Crippen LogP contribution is 2.34. The van der Waals surface area contributed by atoms with E-state index in [1.54, 1.807) is 0 Å². The van der Waals surface area contributed by atoms with E-state index in [2.05, 4.69) is 25.0 Å². The van der Waals surface area contributed by atoms with Crippen LogP contribution in [0.25, 0.3) is 0 Å². The standard InChI is InChI=1S/C16H21N7O2S/c1-2-9-6-12(26-23-9)22-16-13(15(18)25)19-7-11(21-16)20-10(14(17)24)5-8-3-4-8/h6-8,10H,2-5H2,1H3,(H2,17,24)(H2,18,25)(H2,20,21,22). The van der Waals surface area contributed by atoms with Crippen molar-refractivity contribution < 1.29 is 9.59 Å². The molecule has 0 spiro atoms. The first-order chi connectivity index (χ1) is 12.5. The third-order valence-corrected chi connectivity index (χ3v) is 4.84. The van der Waals surface area contributed by atoms with Crippen molar-refractivity contribution in [1.82, 2.24) is 14.3 Å². The molecule has 1 unspecified atom stereocenters. The topological polar surface area (TPSA) is 149 Å². The first-order valence-electron chi connectivity index (χ1n) is 8.41. The summed E-state index contributed by atoms with van der Waals surface area (Å²) in [5.74, 6) is -0.0656. The van der Waals surface area contributed by atoms with E-state index < -0.39 is 17.9 Å². The molecule has 0 bridgehead atoms. The Hall–Kier alpha value is -2.75. The van der Waals surface area contributed by atoms with Gasteiger partial charge in [-0.2, -0.15) is 4.37 Å². The number of nitrogens with one attached hydrogen (secondary N) is 2. The van der Waals surface area contributed by atoms with Crippen molar-refractivity contribution in [3.8, 4) is 0 Å². The van der Waals surface area contributed by atoms with Gasteiger partial charge in [0.25, 0.3) is 5.91 Å². The Morgan fingerprint density at radius 2 is 2.15 bits per heavy atom. The molecule has 2 aromatic heterocycles. The van der Waals surface area contributed by atoms with Crippen molar-refractivity contribution in [3.05, 3.63) is 23.7 Å². The molecular formula is C16H21N7O2S. The van der Waals surface area contributed by atoms with Gasteiger partial charge >= 0.3 is 0 Å². The van der Waals surface area contributed by atoms with Crippen LogP contribution in [0, 0.1) is 5.92 Å². The van der Waals surface area contributed by atoms with Gasteiger partial charge in [-0.3, -0.25) is 9.59 Å². The van der Waals surface area contributed by atoms with E-state index in [4.69, 9.17) is 11.5 Å². The van der Waals surface area contributed by atoms with Crippen LogP contribution >= 0.6 is 11.5 Å². The Morgan fingerprint density at radius 1 is 1.38 bits per heavy atom. The molecule has 1 atom stereocenters. The molecule has 1 fully saturated rings. The quantitative estimate of drug-likeness (QED) is 0.517. The fourth-order valence-electron chi connectivity index (χ4n) is 2.49. The number of rotatable bonds is 9. The normalized spacial score (nSPS) is 14.7. The maximum absolute atomic E-state index is 11.7. The number of amides is 2. The van der Waals surface area contributed by atoms with Gasteiger partial charge in [0.1, 0.15) is 16.9 Å². The first-order valence-corrected chi connectivity index (χ1v) is 9.19. The summed E-state index contributed by atoms with van der Waals surface area (Å²) in [4.78, 5) is 31.7. The number of nitrogens with two attached hydrogens (primary N) is 2. The number of aryl methyl sites for hydroxylation is 1. The Kier molecular flexibility index (Phi) is 5.31. The summed E-state index contributed by atoms with van der Waals surface area (Å²) < 4.78 is 4.28. The lowest BCUT2D eigenvalue weighted by molar-refractivity contribution is -0.118. The number of aromatic nitrogens is 3. The van der Waals surface area contributed by atoms with Crippen LogP contribution in [0.15, 0.2) is 12.3 Å². The molecule has 2 aromatic rings. The number of hydrogen-bond acceptors (Lipinski definition) is 8. The van der Waals surface area contributed by atoms with Gasteiger partial charge in [-0.25, -0.2) is 9.97 Å². The number of primary amides is 2. The molecule has 1 aliphatic rings. The van der Waals surface area contributed by atoms with Crippen LogP contribution in [0.1, 0.15) is 42.4 Å². The van der Waals surface area contributed by atoms with Crippen LogP contribution in [-0.2, 0) is 11.2 Å². The molecule has 9 nitrogen and oxygen atoms in total. The monoisotopic (exact) mass is 375 g/mol. The van der Waals surface area contributed by atoms with E-state index in [-0.39, 0.29) is 11.5 Å². The predicted octanol–water partition coefficient (Wildman–Crippen LogP) is 1.40. The highest BCUT2D eigenvalue weighted by Gasteiger charge is 2.28. The van der Waals surface area contributed by atoms with E-state index in [9.17, 15) is 9.59 Å². The van der Waals surface area contributed by atoms with Crippen LogP contribution in [0.4, 0.5) is 16.6 Å². The summed E-state index contributed by atoms with van der Waals surface area (Å²) >= 11 is 1.26. The number of carbonyl (C=O) groups excluding carboxylic acids is 2. The minimum absolute atomic E-state index is 0.0137. The average molecular weight is 375 g/mol. The van der Waals surface area contributed by atoms with E-state index >= 15 is 0 Å². The van der Waals surface area contributed by atoms with E-state index in [1.165, 1.54) is 17.7 Å². The zero-order valence-electron chi connectivity index (χ0n) is 14.4. The number of hydrogen-bond donors (Lipinski definition) is 4. The third-order valence-electron chi connectivity index (χ3n) is 4.10. The summed E-state index contributed by atoms with van der Waals surface area (Å²) in [5, 5.41) is 6.76. The zero-order valence-corrected chi connectivity index (χ0v) is 15.2. The number of nitrogens with zero attached hydrogens (tertiary/aromatic N) is 3. The van der Waals surface area contributed by atoms with Crippen molar-refractivity contribution in [1.29, 1.82) is 0 Å². The number of anilines is 3. The van der Waals surface area contributed by atoms with Gasteiger partial charge < -0.3 is 22.1 Å². The van der Waals surface area contributed by atoms with Crippen molar-refractivity contribution >= 4 is 40.0 Å². The Labute approximate surface area is 154 Å². The summed E-state index contributed by atoms with van der Waals surface area (Å²) in [7, 11) is 0. The minimum Gasteiger partial charge on any atom is -0.368 e. The second-order valence-electron chi connectivity index (χ2n) is 6.26. The molecule has 2 amide bonds. The maximum Gasteiger partial charge on any atom is 0.271 e. The fraction of sp³-hybridized carbons (Fsp3) is 0.438. The van der Waals surface area contributed by atoms with E-state index in [1.807, 2.05) is 13.0 Å². The SMILES string of the molecule is CCc1cc(Nc2nc(NC(CC3CC3)C(N)=O)cnc2C(N)=O)sn1. The molecule has 0 aromatic carbocycles. The van der Waals surface area contributed by atoms with Crippen LogP contribution in [-0.4, -0.2) is 32.2 Å².